The molecular formula is C16H14ClNS. The van der Waals surface area contributed by atoms with Crippen molar-refractivity contribution < 1.29 is 0 Å². The lowest BCUT2D eigenvalue weighted by Crippen LogP contribution is -1.99. The fourth-order valence-electron chi connectivity index (χ4n) is 2.07. The molecule has 0 saturated heterocycles. The van der Waals surface area contributed by atoms with Gasteiger partial charge in [0.2, 0.25) is 0 Å². The first-order valence-corrected chi connectivity index (χ1v) is 7.44. The largest absolute Gasteiger partial charge is 0.381 e. The van der Waals surface area contributed by atoms with Crippen molar-refractivity contribution in [3.8, 4) is 0 Å². The van der Waals surface area contributed by atoms with E-state index in [0.717, 1.165) is 22.8 Å². The smallest absolute Gasteiger partial charge is 0.0458 e. The van der Waals surface area contributed by atoms with E-state index in [1.54, 1.807) is 11.3 Å². The minimum atomic E-state index is 0.745. The van der Waals surface area contributed by atoms with E-state index in [1.165, 1.54) is 15.6 Å². The fraction of sp³-hybridized carbons (Fsp3) is 0.125. The van der Waals surface area contributed by atoms with Gasteiger partial charge in [-0.15, -0.1) is 11.3 Å². The summed E-state index contributed by atoms with van der Waals surface area (Å²) >= 11 is 8.00. The average Bonchev–Trinajstić information content (AvgIpc) is 2.85. The van der Waals surface area contributed by atoms with E-state index in [-0.39, 0.29) is 0 Å². The number of aryl methyl sites for hydroxylation is 1. The summed E-state index contributed by atoms with van der Waals surface area (Å²) in [6.07, 6.45) is 0. The highest BCUT2D eigenvalue weighted by Crippen LogP contribution is 2.25. The highest BCUT2D eigenvalue weighted by molar-refractivity contribution is 7.17. The summed E-state index contributed by atoms with van der Waals surface area (Å²) in [4.78, 5) is 0. The van der Waals surface area contributed by atoms with E-state index in [0.29, 0.717) is 0 Å². The minimum Gasteiger partial charge on any atom is -0.381 e. The highest BCUT2D eigenvalue weighted by Gasteiger charge is 2.01. The highest BCUT2D eigenvalue weighted by atomic mass is 35.5. The van der Waals surface area contributed by atoms with E-state index in [1.807, 2.05) is 13.0 Å². The van der Waals surface area contributed by atoms with Gasteiger partial charge in [0.25, 0.3) is 0 Å². The van der Waals surface area contributed by atoms with Crippen LogP contribution in [0.25, 0.3) is 10.1 Å². The molecule has 2 aromatic carbocycles. The molecule has 0 bridgehead atoms. The quantitative estimate of drug-likeness (QED) is 0.673. The normalized spacial score (nSPS) is 10.8. The Morgan fingerprint density at radius 1 is 1.11 bits per heavy atom. The van der Waals surface area contributed by atoms with Gasteiger partial charge in [0.15, 0.2) is 0 Å². The van der Waals surface area contributed by atoms with E-state index < -0.39 is 0 Å². The van der Waals surface area contributed by atoms with Gasteiger partial charge >= 0.3 is 0 Å². The zero-order valence-corrected chi connectivity index (χ0v) is 12.2. The van der Waals surface area contributed by atoms with Crippen LogP contribution >= 0.6 is 22.9 Å². The maximum atomic E-state index is 6.24. The van der Waals surface area contributed by atoms with Crippen molar-refractivity contribution in [3.63, 3.8) is 0 Å². The Morgan fingerprint density at radius 3 is 2.84 bits per heavy atom. The average molecular weight is 288 g/mol. The Kier molecular flexibility index (Phi) is 3.45. The molecular weight excluding hydrogens is 274 g/mol. The van der Waals surface area contributed by atoms with Gasteiger partial charge in [0.1, 0.15) is 0 Å². The van der Waals surface area contributed by atoms with E-state index >= 15 is 0 Å². The molecule has 96 valence electrons. The maximum absolute atomic E-state index is 6.24. The number of nitrogens with one attached hydrogen (secondary N) is 1. The van der Waals surface area contributed by atoms with Gasteiger partial charge in [-0.3, -0.25) is 0 Å². The summed E-state index contributed by atoms with van der Waals surface area (Å²) in [5, 5.41) is 7.65. The lowest BCUT2D eigenvalue weighted by atomic mass is 10.1. The summed E-state index contributed by atoms with van der Waals surface area (Å²) < 4.78 is 1.32. The molecule has 0 unspecified atom stereocenters. The molecule has 1 aromatic heterocycles. The van der Waals surface area contributed by atoms with Crippen molar-refractivity contribution in [1.29, 1.82) is 0 Å². The lowest BCUT2D eigenvalue weighted by molar-refractivity contribution is 1.15. The predicted octanol–water partition coefficient (Wildman–Crippen LogP) is 5.48. The predicted molar refractivity (Wildman–Crippen MR) is 85.3 cm³/mol. The summed E-state index contributed by atoms with van der Waals surface area (Å²) in [6, 6.07) is 14.7. The molecule has 0 fully saturated rings. The third-order valence-corrected chi connectivity index (χ3v) is 4.39. The van der Waals surface area contributed by atoms with Crippen LogP contribution in [-0.4, -0.2) is 0 Å². The molecule has 0 aliphatic heterocycles. The molecule has 0 spiro atoms. The van der Waals surface area contributed by atoms with E-state index in [9.17, 15) is 0 Å². The second kappa shape index (κ2) is 5.24. The topological polar surface area (TPSA) is 12.0 Å². The first-order chi connectivity index (χ1) is 9.22. The van der Waals surface area contributed by atoms with Crippen LogP contribution in [0.3, 0.4) is 0 Å². The molecule has 0 radical (unpaired) electrons. The van der Waals surface area contributed by atoms with Crippen molar-refractivity contribution in [2.75, 3.05) is 5.32 Å². The van der Waals surface area contributed by atoms with Gasteiger partial charge in [-0.2, -0.15) is 0 Å². The van der Waals surface area contributed by atoms with Crippen LogP contribution < -0.4 is 5.32 Å². The lowest BCUT2D eigenvalue weighted by Gasteiger charge is -2.09. The van der Waals surface area contributed by atoms with Crippen LogP contribution in [0.15, 0.2) is 47.8 Å². The zero-order chi connectivity index (χ0) is 13.2. The van der Waals surface area contributed by atoms with Gasteiger partial charge in [0, 0.05) is 22.0 Å². The Labute approximate surface area is 121 Å². The van der Waals surface area contributed by atoms with Crippen LogP contribution in [-0.2, 0) is 6.54 Å². The fourth-order valence-corrected chi connectivity index (χ4v) is 3.14. The Bertz CT molecular complexity index is 718. The molecule has 0 amide bonds. The van der Waals surface area contributed by atoms with Crippen molar-refractivity contribution >= 4 is 38.7 Å². The molecule has 3 heteroatoms. The number of anilines is 1. The molecule has 3 aromatic rings. The molecule has 1 N–H and O–H groups in total. The van der Waals surface area contributed by atoms with Gasteiger partial charge < -0.3 is 5.32 Å². The van der Waals surface area contributed by atoms with Crippen LogP contribution in [0.2, 0.25) is 5.02 Å². The Balaban J connectivity index is 1.77. The standard InChI is InChI=1S/C16H14ClNS/c1-11-2-3-13(15(17)8-11)10-18-14-4-5-16-12(9-14)6-7-19-16/h2-9,18H,10H2,1H3. The van der Waals surface area contributed by atoms with Crippen molar-refractivity contribution in [3.05, 3.63) is 64.0 Å². The minimum absolute atomic E-state index is 0.745. The first-order valence-electron chi connectivity index (χ1n) is 6.18. The number of thiophene rings is 1. The third-order valence-electron chi connectivity index (χ3n) is 3.14. The number of hydrogen-bond acceptors (Lipinski definition) is 2. The maximum Gasteiger partial charge on any atom is 0.0458 e. The SMILES string of the molecule is Cc1ccc(CNc2ccc3sccc3c2)c(Cl)c1. The van der Waals surface area contributed by atoms with Gasteiger partial charge in [-0.25, -0.2) is 0 Å². The van der Waals surface area contributed by atoms with Crippen molar-refractivity contribution in [2.24, 2.45) is 0 Å². The van der Waals surface area contributed by atoms with Gasteiger partial charge in [-0.05, 0) is 59.1 Å². The summed E-state index contributed by atoms with van der Waals surface area (Å²) in [7, 11) is 0. The Hall–Kier alpha value is -1.51. The number of fused-ring (bicyclic) bond motifs is 1. The van der Waals surface area contributed by atoms with Gasteiger partial charge in [-0.1, -0.05) is 23.7 Å². The molecule has 0 aliphatic carbocycles. The van der Waals surface area contributed by atoms with Gasteiger partial charge in [0.05, 0.1) is 0 Å². The van der Waals surface area contributed by atoms with Crippen molar-refractivity contribution in [2.45, 2.75) is 13.5 Å². The van der Waals surface area contributed by atoms with Crippen LogP contribution in [0, 0.1) is 6.92 Å². The zero-order valence-electron chi connectivity index (χ0n) is 10.6. The van der Waals surface area contributed by atoms with E-state index in [4.69, 9.17) is 11.6 Å². The van der Waals surface area contributed by atoms with Crippen molar-refractivity contribution in [1.82, 2.24) is 0 Å². The molecule has 3 rings (SSSR count). The number of rotatable bonds is 3. The van der Waals surface area contributed by atoms with Crippen LogP contribution in [0.1, 0.15) is 11.1 Å². The summed E-state index contributed by atoms with van der Waals surface area (Å²) in [6.45, 7) is 2.79. The van der Waals surface area contributed by atoms with E-state index in [2.05, 4.69) is 47.1 Å². The first kappa shape index (κ1) is 12.5. The molecule has 0 aliphatic rings. The van der Waals surface area contributed by atoms with Crippen LogP contribution in [0.4, 0.5) is 5.69 Å². The molecule has 0 saturated carbocycles. The Morgan fingerprint density at radius 2 is 2.00 bits per heavy atom. The third kappa shape index (κ3) is 2.75. The molecule has 0 atom stereocenters. The number of halogens is 1. The number of benzene rings is 2. The summed E-state index contributed by atoms with van der Waals surface area (Å²) in [5.74, 6) is 0. The second-order valence-electron chi connectivity index (χ2n) is 4.62. The monoisotopic (exact) mass is 287 g/mol. The molecule has 1 nitrogen and oxygen atoms in total. The number of hydrogen-bond donors (Lipinski definition) is 1. The summed E-state index contributed by atoms with van der Waals surface area (Å²) in [5.41, 5.74) is 3.44. The second-order valence-corrected chi connectivity index (χ2v) is 5.98. The molecule has 19 heavy (non-hydrogen) atoms. The molecule has 1 heterocycles. The van der Waals surface area contributed by atoms with Crippen LogP contribution in [0.5, 0.6) is 0 Å².